The van der Waals surface area contributed by atoms with Crippen molar-refractivity contribution in [3.8, 4) is 0 Å². The highest BCUT2D eigenvalue weighted by Crippen LogP contribution is 2.34. The van der Waals surface area contributed by atoms with Gasteiger partial charge in [-0.2, -0.15) is 0 Å². The number of amides is 1. The Kier molecular flexibility index (Phi) is 4.73. The SMILES string of the molecule is CC(C)C1SCC(C(=O)O)N1C(=O)CC1CCCN1. The second-order valence-electron chi connectivity index (χ2n) is 5.62. The summed E-state index contributed by atoms with van der Waals surface area (Å²) < 4.78 is 0. The Balaban J connectivity index is 2.06. The lowest BCUT2D eigenvalue weighted by Gasteiger charge is -2.30. The van der Waals surface area contributed by atoms with Crippen molar-refractivity contribution in [2.75, 3.05) is 12.3 Å². The lowest BCUT2D eigenvalue weighted by Crippen LogP contribution is -2.48. The summed E-state index contributed by atoms with van der Waals surface area (Å²) in [5.74, 6) is -0.129. The number of aliphatic carboxylic acids is 1. The van der Waals surface area contributed by atoms with E-state index in [4.69, 9.17) is 0 Å². The van der Waals surface area contributed by atoms with Crippen LogP contribution in [-0.2, 0) is 9.59 Å². The van der Waals surface area contributed by atoms with E-state index in [-0.39, 0.29) is 23.2 Å². The maximum atomic E-state index is 12.4. The van der Waals surface area contributed by atoms with E-state index in [1.165, 1.54) is 0 Å². The van der Waals surface area contributed by atoms with Crippen molar-refractivity contribution in [1.82, 2.24) is 10.2 Å². The summed E-state index contributed by atoms with van der Waals surface area (Å²) in [5, 5.41) is 12.6. The molecule has 3 atom stereocenters. The number of carboxylic acid groups (broad SMARTS) is 1. The van der Waals surface area contributed by atoms with Crippen LogP contribution < -0.4 is 5.32 Å². The maximum absolute atomic E-state index is 12.4. The minimum Gasteiger partial charge on any atom is -0.480 e. The highest BCUT2D eigenvalue weighted by molar-refractivity contribution is 8.00. The number of thioether (sulfide) groups is 1. The molecular formula is C13H22N2O3S. The zero-order valence-electron chi connectivity index (χ0n) is 11.5. The van der Waals surface area contributed by atoms with Gasteiger partial charge in [0.1, 0.15) is 6.04 Å². The molecule has 2 aliphatic heterocycles. The standard InChI is InChI=1S/C13H22N2O3S/c1-8(2)12-15(10(7-19-12)13(17)18)11(16)6-9-4-3-5-14-9/h8-10,12,14H,3-7H2,1-2H3,(H,17,18). The molecule has 0 aromatic carbocycles. The van der Waals surface area contributed by atoms with Crippen LogP contribution in [0.25, 0.3) is 0 Å². The van der Waals surface area contributed by atoms with E-state index < -0.39 is 12.0 Å². The van der Waals surface area contributed by atoms with Gasteiger partial charge < -0.3 is 15.3 Å². The fraction of sp³-hybridized carbons (Fsp3) is 0.846. The Labute approximate surface area is 118 Å². The molecule has 2 heterocycles. The smallest absolute Gasteiger partial charge is 0.327 e. The van der Waals surface area contributed by atoms with Crippen LogP contribution in [0.1, 0.15) is 33.1 Å². The van der Waals surface area contributed by atoms with E-state index in [0.717, 1.165) is 19.4 Å². The summed E-state index contributed by atoms with van der Waals surface area (Å²) >= 11 is 1.59. The lowest BCUT2D eigenvalue weighted by atomic mass is 10.1. The molecule has 2 saturated heterocycles. The number of carbonyl (C=O) groups is 2. The molecule has 0 radical (unpaired) electrons. The highest BCUT2D eigenvalue weighted by atomic mass is 32.2. The number of carbonyl (C=O) groups excluding carboxylic acids is 1. The molecule has 2 N–H and O–H groups in total. The number of nitrogens with one attached hydrogen (secondary N) is 1. The molecule has 108 valence electrons. The van der Waals surface area contributed by atoms with Crippen molar-refractivity contribution in [3.05, 3.63) is 0 Å². The first-order chi connectivity index (χ1) is 9.00. The van der Waals surface area contributed by atoms with E-state index >= 15 is 0 Å². The van der Waals surface area contributed by atoms with Crippen LogP contribution in [0.5, 0.6) is 0 Å². The van der Waals surface area contributed by atoms with Gasteiger partial charge in [0.25, 0.3) is 0 Å². The summed E-state index contributed by atoms with van der Waals surface area (Å²) in [6.07, 6.45) is 2.53. The van der Waals surface area contributed by atoms with E-state index in [1.807, 2.05) is 13.8 Å². The number of nitrogens with zero attached hydrogens (tertiary/aromatic N) is 1. The molecule has 0 saturated carbocycles. The van der Waals surface area contributed by atoms with Gasteiger partial charge in [-0.15, -0.1) is 11.8 Å². The van der Waals surface area contributed by atoms with Crippen LogP contribution in [0, 0.1) is 5.92 Å². The minimum absolute atomic E-state index is 0.00463. The summed E-state index contributed by atoms with van der Waals surface area (Å²) in [6.45, 7) is 5.04. The van der Waals surface area contributed by atoms with Gasteiger partial charge >= 0.3 is 5.97 Å². The molecule has 1 amide bonds. The van der Waals surface area contributed by atoms with Crippen LogP contribution in [0.4, 0.5) is 0 Å². The van der Waals surface area contributed by atoms with Crippen molar-refractivity contribution in [3.63, 3.8) is 0 Å². The summed E-state index contributed by atoms with van der Waals surface area (Å²) in [4.78, 5) is 25.3. The number of rotatable bonds is 4. The largest absolute Gasteiger partial charge is 0.480 e. The monoisotopic (exact) mass is 286 g/mol. The van der Waals surface area contributed by atoms with Crippen molar-refractivity contribution in [2.24, 2.45) is 5.92 Å². The molecule has 2 rings (SSSR count). The summed E-state index contributed by atoms with van der Waals surface area (Å²) in [6, 6.07) is -0.438. The van der Waals surface area contributed by atoms with Gasteiger partial charge in [0.05, 0.1) is 5.37 Å². The van der Waals surface area contributed by atoms with Gasteiger partial charge in [0.2, 0.25) is 5.91 Å². The normalized spacial score (nSPS) is 31.1. The first-order valence-electron chi connectivity index (χ1n) is 6.89. The molecule has 0 aliphatic carbocycles. The first kappa shape index (κ1) is 14.7. The Morgan fingerprint density at radius 2 is 2.21 bits per heavy atom. The first-order valence-corrected chi connectivity index (χ1v) is 7.94. The molecule has 5 nitrogen and oxygen atoms in total. The molecule has 2 aliphatic rings. The molecule has 0 bridgehead atoms. The van der Waals surface area contributed by atoms with E-state index in [9.17, 15) is 14.7 Å². The molecule has 6 heteroatoms. The van der Waals surface area contributed by atoms with Crippen LogP contribution >= 0.6 is 11.8 Å². The number of hydrogen-bond acceptors (Lipinski definition) is 4. The second kappa shape index (κ2) is 6.13. The number of hydrogen-bond donors (Lipinski definition) is 2. The molecule has 0 aromatic heterocycles. The zero-order valence-corrected chi connectivity index (χ0v) is 12.3. The Morgan fingerprint density at radius 3 is 2.74 bits per heavy atom. The van der Waals surface area contributed by atoms with Crippen molar-refractivity contribution in [1.29, 1.82) is 0 Å². The van der Waals surface area contributed by atoms with Crippen LogP contribution in [0.3, 0.4) is 0 Å². The van der Waals surface area contributed by atoms with Crippen LogP contribution in [-0.4, -0.2) is 51.6 Å². The topological polar surface area (TPSA) is 69.6 Å². The van der Waals surface area contributed by atoms with Gasteiger partial charge in [-0.3, -0.25) is 4.79 Å². The van der Waals surface area contributed by atoms with Crippen molar-refractivity contribution in [2.45, 2.75) is 50.6 Å². The third kappa shape index (κ3) is 3.23. The van der Waals surface area contributed by atoms with E-state index in [0.29, 0.717) is 12.2 Å². The molecule has 3 unspecified atom stereocenters. The summed E-state index contributed by atoms with van der Waals surface area (Å²) in [7, 11) is 0. The van der Waals surface area contributed by atoms with Crippen LogP contribution in [0.15, 0.2) is 0 Å². The average molecular weight is 286 g/mol. The predicted molar refractivity (Wildman–Crippen MR) is 75.0 cm³/mol. The van der Waals surface area contributed by atoms with Gasteiger partial charge in [-0.05, 0) is 25.3 Å². The third-order valence-electron chi connectivity index (χ3n) is 3.76. The lowest BCUT2D eigenvalue weighted by molar-refractivity contribution is -0.149. The second-order valence-corrected chi connectivity index (χ2v) is 6.77. The van der Waals surface area contributed by atoms with Crippen molar-refractivity contribution < 1.29 is 14.7 Å². The summed E-state index contributed by atoms with van der Waals surface area (Å²) in [5.41, 5.74) is 0. The molecule has 0 spiro atoms. The molecule has 0 aromatic rings. The molecule has 2 fully saturated rings. The fourth-order valence-corrected chi connectivity index (χ4v) is 4.29. The quantitative estimate of drug-likeness (QED) is 0.811. The zero-order chi connectivity index (χ0) is 14.0. The van der Waals surface area contributed by atoms with Gasteiger partial charge in [0.15, 0.2) is 0 Å². The van der Waals surface area contributed by atoms with Gasteiger partial charge in [0, 0.05) is 18.2 Å². The highest BCUT2D eigenvalue weighted by Gasteiger charge is 2.43. The average Bonchev–Trinajstić information content (AvgIpc) is 2.95. The molecule has 19 heavy (non-hydrogen) atoms. The Hall–Kier alpha value is -0.750. The fourth-order valence-electron chi connectivity index (χ4n) is 2.79. The predicted octanol–water partition coefficient (Wildman–Crippen LogP) is 1.14. The van der Waals surface area contributed by atoms with E-state index in [2.05, 4.69) is 5.32 Å². The van der Waals surface area contributed by atoms with Crippen molar-refractivity contribution >= 4 is 23.6 Å². The van der Waals surface area contributed by atoms with Crippen LogP contribution in [0.2, 0.25) is 0 Å². The Bertz CT molecular complexity index is 356. The van der Waals surface area contributed by atoms with Gasteiger partial charge in [-0.1, -0.05) is 13.8 Å². The molecular weight excluding hydrogens is 264 g/mol. The number of carboxylic acids is 1. The van der Waals surface area contributed by atoms with Gasteiger partial charge in [-0.25, -0.2) is 4.79 Å². The van der Waals surface area contributed by atoms with E-state index in [1.54, 1.807) is 16.7 Å². The minimum atomic E-state index is -0.886. The third-order valence-corrected chi connectivity index (χ3v) is 5.38. The Morgan fingerprint density at radius 1 is 1.47 bits per heavy atom. The maximum Gasteiger partial charge on any atom is 0.327 e.